The largest absolute Gasteiger partial charge is 0.508 e. The molecule has 2 aromatic rings. The minimum atomic E-state index is -0.706. The zero-order valence-corrected chi connectivity index (χ0v) is 18.1. The molecule has 2 aromatic carbocycles. The highest BCUT2D eigenvalue weighted by Crippen LogP contribution is 2.65. The summed E-state index contributed by atoms with van der Waals surface area (Å²) in [7, 11) is 0. The van der Waals surface area contributed by atoms with Crippen molar-refractivity contribution in [3.63, 3.8) is 0 Å². The van der Waals surface area contributed by atoms with E-state index >= 15 is 0 Å². The van der Waals surface area contributed by atoms with E-state index in [4.69, 9.17) is 11.6 Å². The van der Waals surface area contributed by atoms with Gasteiger partial charge in [-0.15, -0.1) is 0 Å². The van der Waals surface area contributed by atoms with E-state index in [-0.39, 0.29) is 11.2 Å². The minimum Gasteiger partial charge on any atom is -0.508 e. The van der Waals surface area contributed by atoms with Crippen LogP contribution in [0.5, 0.6) is 5.75 Å². The molecule has 0 aliphatic heterocycles. The van der Waals surface area contributed by atoms with Crippen molar-refractivity contribution >= 4 is 11.6 Å². The first-order chi connectivity index (χ1) is 14.4. The van der Waals surface area contributed by atoms with Gasteiger partial charge in [-0.05, 0) is 96.6 Å². The predicted octanol–water partition coefficient (Wildman–Crippen LogP) is 5.75. The van der Waals surface area contributed by atoms with Crippen LogP contribution in [0.1, 0.15) is 67.2 Å². The number of hydrogen-bond acceptors (Lipinski definition) is 3. The molecule has 0 saturated heterocycles. The Bertz CT molecular complexity index is 1030. The Morgan fingerprint density at radius 1 is 1.10 bits per heavy atom. The molecule has 3 aliphatic rings. The van der Waals surface area contributed by atoms with Crippen LogP contribution in [0, 0.1) is 28.6 Å². The molecule has 156 valence electrons. The number of nitriles is 1. The van der Waals surface area contributed by atoms with Crippen LogP contribution in [0.15, 0.2) is 36.4 Å². The Hall–Kier alpha value is -2.02. The number of nitrogens with zero attached hydrogens (tertiary/aromatic N) is 1. The van der Waals surface area contributed by atoms with Crippen molar-refractivity contribution in [1.82, 2.24) is 0 Å². The van der Waals surface area contributed by atoms with Crippen molar-refractivity contribution in [1.29, 1.82) is 5.26 Å². The molecule has 5 rings (SSSR count). The molecule has 2 N–H and O–H groups in total. The van der Waals surface area contributed by atoms with Crippen molar-refractivity contribution in [2.45, 2.75) is 63.4 Å². The van der Waals surface area contributed by atoms with Crippen LogP contribution in [0.25, 0.3) is 0 Å². The Morgan fingerprint density at radius 3 is 2.60 bits per heavy atom. The second-order valence-electron chi connectivity index (χ2n) is 9.89. The smallest absolute Gasteiger partial charge is 0.115 e. The summed E-state index contributed by atoms with van der Waals surface area (Å²) in [5.41, 5.74) is 3.38. The molecular formula is C26H28ClNO2. The van der Waals surface area contributed by atoms with Crippen molar-refractivity contribution in [3.05, 3.63) is 63.7 Å². The van der Waals surface area contributed by atoms with Crippen molar-refractivity contribution in [3.8, 4) is 11.8 Å². The van der Waals surface area contributed by atoms with E-state index in [1.807, 2.05) is 18.2 Å². The molecule has 3 aliphatic carbocycles. The zero-order valence-electron chi connectivity index (χ0n) is 17.4. The number of phenolic OH excluding ortho intramolecular Hbond substituents is 1. The van der Waals surface area contributed by atoms with E-state index < -0.39 is 5.60 Å². The number of benzene rings is 2. The van der Waals surface area contributed by atoms with Crippen molar-refractivity contribution in [2.75, 3.05) is 0 Å². The highest BCUT2D eigenvalue weighted by atomic mass is 35.5. The number of phenols is 1. The predicted molar refractivity (Wildman–Crippen MR) is 118 cm³/mol. The lowest BCUT2D eigenvalue weighted by molar-refractivity contribution is -0.102. The van der Waals surface area contributed by atoms with Crippen LogP contribution in [0.3, 0.4) is 0 Å². The van der Waals surface area contributed by atoms with Crippen LogP contribution in [-0.2, 0) is 12.8 Å². The van der Waals surface area contributed by atoms with Gasteiger partial charge < -0.3 is 10.2 Å². The van der Waals surface area contributed by atoms with E-state index in [1.165, 1.54) is 11.1 Å². The summed E-state index contributed by atoms with van der Waals surface area (Å²) in [5, 5.41) is 31.4. The molecule has 2 saturated carbocycles. The van der Waals surface area contributed by atoms with E-state index in [9.17, 15) is 15.5 Å². The van der Waals surface area contributed by atoms with Gasteiger partial charge in [0.25, 0.3) is 0 Å². The molecule has 0 spiro atoms. The van der Waals surface area contributed by atoms with Gasteiger partial charge in [-0.2, -0.15) is 5.26 Å². The van der Waals surface area contributed by atoms with Crippen LogP contribution in [0.4, 0.5) is 0 Å². The summed E-state index contributed by atoms with van der Waals surface area (Å²) >= 11 is 6.56. The molecule has 0 amide bonds. The molecule has 30 heavy (non-hydrogen) atoms. The van der Waals surface area contributed by atoms with Crippen LogP contribution in [0.2, 0.25) is 5.02 Å². The first kappa shape index (κ1) is 19.9. The second-order valence-corrected chi connectivity index (χ2v) is 10.3. The third-order valence-electron chi connectivity index (χ3n) is 8.72. The topological polar surface area (TPSA) is 64.2 Å². The maximum absolute atomic E-state index is 11.8. The fourth-order valence-electron chi connectivity index (χ4n) is 7.06. The molecule has 2 fully saturated rings. The fraction of sp³-hybridized carbons (Fsp3) is 0.500. The second kappa shape index (κ2) is 7.01. The minimum absolute atomic E-state index is 0.0973. The van der Waals surface area contributed by atoms with Crippen molar-refractivity contribution in [2.24, 2.45) is 17.3 Å². The number of fused-ring (bicyclic) bond motifs is 5. The van der Waals surface area contributed by atoms with Gasteiger partial charge in [0.1, 0.15) is 11.8 Å². The zero-order chi connectivity index (χ0) is 21.1. The van der Waals surface area contributed by atoms with Gasteiger partial charge in [-0.1, -0.05) is 36.7 Å². The normalized spacial score (nSPS) is 34.5. The van der Waals surface area contributed by atoms with Gasteiger partial charge in [0, 0.05) is 6.42 Å². The Balaban J connectivity index is 1.45. The molecule has 4 heteroatoms. The Labute approximate surface area is 183 Å². The lowest BCUT2D eigenvalue weighted by Gasteiger charge is -2.53. The lowest BCUT2D eigenvalue weighted by Crippen LogP contribution is -2.51. The monoisotopic (exact) mass is 421 g/mol. The van der Waals surface area contributed by atoms with E-state index in [1.54, 1.807) is 12.1 Å². The molecule has 0 radical (unpaired) electrons. The Kier molecular flexibility index (Phi) is 4.65. The highest BCUT2D eigenvalue weighted by Gasteiger charge is 2.61. The molecule has 5 atom stereocenters. The standard InChI is InChI=1S/C26H28ClNO2/c1-25-12-10-20-19-7-4-17(15-28)24(27)22(19)9-8-21(20)23(25)11-13-26(25,30)14-16-2-5-18(29)6-3-16/h2-7,20-21,23,29-30H,8-14H2,1H3/t20?,21?,23?,25-,26+/m0/s1. The number of aromatic hydroxyl groups is 1. The van der Waals surface area contributed by atoms with Gasteiger partial charge in [-0.3, -0.25) is 0 Å². The summed E-state index contributed by atoms with van der Waals surface area (Å²) in [6.07, 6.45) is 6.61. The number of halogens is 1. The van der Waals surface area contributed by atoms with Gasteiger partial charge >= 0.3 is 0 Å². The van der Waals surface area contributed by atoms with Gasteiger partial charge in [0.2, 0.25) is 0 Å². The number of aliphatic hydroxyl groups is 1. The average Bonchev–Trinajstić information content (AvgIpc) is 3.00. The highest BCUT2D eigenvalue weighted by molar-refractivity contribution is 6.32. The molecular weight excluding hydrogens is 394 g/mol. The maximum Gasteiger partial charge on any atom is 0.115 e. The van der Waals surface area contributed by atoms with Crippen LogP contribution < -0.4 is 0 Å². The lowest BCUT2D eigenvalue weighted by atomic mass is 9.52. The Morgan fingerprint density at radius 2 is 1.87 bits per heavy atom. The van der Waals surface area contributed by atoms with Crippen molar-refractivity contribution < 1.29 is 10.2 Å². The first-order valence-corrected chi connectivity index (χ1v) is 11.5. The molecule has 3 unspecified atom stereocenters. The summed E-state index contributed by atoms with van der Waals surface area (Å²) in [6, 6.07) is 13.5. The van der Waals surface area contributed by atoms with Gasteiger partial charge in [0.15, 0.2) is 0 Å². The van der Waals surface area contributed by atoms with Gasteiger partial charge in [-0.25, -0.2) is 0 Å². The van der Waals surface area contributed by atoms with Gasteiger partial charge in [0.05, 0.1) is 16.2 Å². The molecule has 0 heterocycles. The number of hydrogen-bond donors (Lipinski definition) is 2. The maximum atomic E-state index is 11.8. The fourth-order valence-corrected chi connectivity index (χ4v) is 7.37. The molecule has 0 aromatic heterocycles. The number of rotatable bonds is 2. The summed E-state index contributed by atoms with van der Waals surface area (Å²) in [4.78, 5) is 0. The van der Waals surface area contributed by atoms with E-state index in [0.717, 1.165) is 44.1 Å². The first-order valence-electron chi connectivity index (χ1n) is 11.1. The summed E-state index contributed by atoms with van der Waals surface area (Å²) in [6.45, 7) is 2.31. The summed E-state index contributed by atoms with van der Waals surface area (Å²) < 4.78 is 0. The van der Waals surface area contributed by atoms with E-state index in [2.05, 4.69) is 19.1 Å². The molecule has 0 bridgehead atoms. The van der Waals surface area contributed by atoms with E-state index in [0.29, 0.717) is 34.8 Å². The quantitative estimate of drug-likeness (QED) is 0.649. The third kappa shape index (κ3) is 2.81. The van der Waals surface area contributed by atoms with Crippen LogP contribution >= 0.6 is 11.6 Å². The third-order valence-corrected chi connectivity index (χ3v) is 9.15. The van der Waals surface area contributed by atoms with Crippen LogP contribution in [-0.4, -0.2) is 15.8 Å². The SMILES string of the molecule is C[C@]12CCC3c4ccc(C#N)c(Cl)c4CCC3C1CC[C@@]2(O)Cc1ccc(O)cc1. The average molecular weight is 422 g/mol. The summed E-state index contributed by atoms with van der Waals surface area (Å²) in [5.74, 6) is 1.81. The molecule has 3 nitrogen and oxygen atoms in total.